The standard InChI is InChI=1S/C7H8Cl2N2/c1-4(10)7-5(8)2-3-6(9)11-7/h2-4H,10H2,1H3/t4-/m0/s1. The summed E-state index contributed by atoms with van der Waals surface area (Å²) in [5.41, 5.74) is 6.22. The van der Waals surface area contributed by atoms with E-state index in [2.05, 4.69) is 4.98 Å². The lowest BCUT2D eigenvalue weighted by Crippen LogP contribution is -2.07. The molecule has 1 rings (SSSR count). The van der Waals surface area contributed by atoms with E-state index in [1.54, 1.807) is 12.1 Å². The zero-order valence-corrected chi connectivity index (χ0v) is 7.52. The van der Waals surface area contributed by atoms with E-state index in [0.717, 1.165) is 0 Å². The van der Waals surface area contributed by atoms with Gasteiger partial charge in [-0.15, -0.1) is 0 Å². The third kappa shape index (κ3) is 2.06. The number of aromatic nitrogens is 1. The number of hydrogen-bond donors (Lipinski definition) is 1. The van der Waals surface area contributed by atoms with Gasteiger partial charge >= 0.3 is 0 Å². The van der Waals surface area contributed by atoms with Gasteiger partial charge in [-0.05, 0) is 19.1 Å². The SMILES string of the molecule is C[C@H](N)c1nc(Cl)ccc1Cl. The van der Waals surface area contributed by atoms with Crippen molar-refractivity contribution in [3.05, 3.63) is 28.0 Å². The van der Waals surface area contributed by atoms with Crippen molar-refractivity contribution < 1.29 is 0 Å². The average molecular weight is 191 g/mol. The van der Waals surface area contributed by atoms with E-state index in [9.17, 15) is 0 Å². The fourth-order valence-electron chi connectivity index (χ4n) is 0.752. The molecular weight excluding hydrogens is 183 g/mol. The number of rotatable bonds is 1. The molecule has 0 spiro atoms. The maximum absolute atomic E-state index is 5.79. The summed E-state index contributed by atoms with van der Waals surface area (Å²) >= 11 is 11.4. The summed E-state index contributed by atoms with van der Waals surface area (Å²) in [4.78, 5) is 3.98. The molecule has 0 aromatic carbocycles. The number of halogens is 2. The van der Waals surface area contributed by atoms with E-state index in [1.165, 1.54) is 0 Å². The summed E-state index contributed by atoms with van der Waals surface area (Å²) in [6.45, 7) is 1.81. The van der Waals surface area contributed by atoms with Crippen LogP contribution in [0, 0.1) is 0 Å². The first-order valence-corrected chi connectivity index (χ1v) is 3.94. The Balaban J connectivity index is 3.13. The zero-order valence-electron chi connectivity index (χ0n) is 6.01. The van der Waals surface area contributed by atoms with Gasteiger partial charge < -0.3 is 5.73 Å². The highest BCUT2D eigenvalue weighted by atomic mass is 35.5. The molecule has 0 saturated heterocycles. The highest BCUT2D eigenvalue weighted by molar-refractivity contribution is 6.32. The van der Waals surface area contributed by atoms with Gasteiger partial charge in [0, 0.05) is 6.04 Å². The van der Waals surface area contributed by atoms with Gasteiger partial charge in [0.2, 0.25) is 0 Å². The molecular formula is C7H8Cl2N2. The van der Waals surface area contributed by atoms with Crippen molar-refractivity contribution >= 4 is 23.2 Å². The molecule has 0 amide bonds. The van der Waals surface area contributed by atoms with E-state index in [4.69, 9.17) is 28.9 Å². The van der Waals surface area contributed by atoms with Gasteiger partial charge in [0.1, 0.15) is 5.15 Å². The van der Waals surface area contributed by atoms with Crippen LogP contribution in [0.3, 0.4) is 0 Å². The Labute approximate surface area is 75.3 Å². The predicted molar refractivity (Wildman–Crippen MR) is 46.9 cm³/mol. The first-order valence-electron chi connectivity index (χ1n) is 3.19. The average Bonchev–Trinajstić information content (AvgIpc) is 1.94. The first kappa shape index (κ1) is 8.78. The normalized spacial score (nSPS) is 13.1. The minimum absolute atomic E-state index is 0.179. The van der Waals surface area contributed by atoms with Crippen LogP contribution in [0.1, 0.15) is 18.7 Å². The lowest BCUT2D eigenvalue weighted by molar-refractivity contribution is 0.781. The highest BCUT2D eigenvalue weighted by Gasteiger charge is 2.06. The smallest absolute Gasteiger partial charge is 0.129 e. The quantitative estimate of drug-likeness (QED) is 0.692. The topological polar surface area (TPSA) is 38.9 Å². The molecule has 0 aliphatic carbocycles. The fraction of sp³-hybridized carbons (Fsp3) is 0.286. The van der Waals surface area contributed by atoms with Gasteiger partial charge in [-0.3, -0.25) is 0 Å². The van der Waals surface area contributed by atoms with Gasteiger partial charge in [0.25, 0.3) is 0 Å². The van der Waals surface area contributed by atoms with Gasteiger partial charge in [-0.2, -0.15) is 0 Å². The van der Waals surface area contributed by atoms with Crippen molar-refractivity contribution in [3.8, 4) is 0 Å². The van der Waals surface area contributed by atoms with Crippen LogP contribution in [0.5, 0.6) is 0 Å². The van der Waals surface area contributed by atoms with Crippen molar-refractivity contribution in [2.75, 3.05) is 0 Å². The number of hydrogen-bond acceptors (Lipinski definition) is 2. The molecule has 1 aromatic heterocycles. The van der Waals surface area contributed by atoms with Crippen LogP contribution in [-0.2, 0) is 0 Å². The Morgan fingerprint density at radius 3 is 2.55 bits per heavy atom. The maximum atomic E-state index is 5.79. The second-order valence-electron chi connectivity index (χ2n) is 2.29. The largest absolute Gasteiger partial charge is 0.323 e. The Morgan fingerprint density at radius 2 is 2.09 bits per heavy atom. The van der Waals surface area contributed by atoms with Crippen LogP contribution < -0.4 is 5.73 Å². The minimum atomic E-state index is -0.179. The fourth-order valence-corrected chi connectivity index (χ4v) is 1.18. The monoisotopic (exact) mass is 190 g/mol. The second kappa shape index (κ2) is 3.39. The third-order valence-electron chi connectivity index (χ3n) is 1.27. The Bertz CT molecular complexity index is 261. The van der Waals surface area contributed by atoms with Crippen LogP contribution in [0.2, 0.25) is 10.2 Å². The van der Waals surface area contributed by atoms with E-state index in [-0.39, 0.29) is 6.04 Å². The van der Waals surface area contributed by atoms with Crippen LogP contribution >= 0.6 is 23.2 Å². The molecule has 0 fully saturated rings. The van der Waals surface area contributed by atoms with Crippen LogP contribution in [0.15, 0.2) is 12.1 Å². The molecule has 4 heteroatoms. The van der Waals surface area contributed by atoms with E-state index in [0.29, 0.717) is 15.9 Å². The molecule has 0 unspecified atom stereocenters. The number of nitrogens with two attached hydrogens (primary N) is 1. The van der Waals surface area contributed by atoms with Crippen LogP contribution in [0.4, 0.5) is 0 Å². The van der Waals surface area contributed by atoms with Crippen molar-refractivity contribution in [1.29, 1.82) is 0 Å². The Kier molecular flexibility index (Phi) is 2.71. The molecule has 0 radical (unpaired) electrons. The highest BCUT2D eigenvalue weighted by Crippen LogP contribution is 2.20. The lowest BCUT2D eigenvalue weighted by Gasteiger charge is -2.05. The van der Waals surface area contributed by atoms with E-state index >= 15 is 0 Å². The molecule has 0 saturated carbocycles. The van der Waals surface area contributed by atoms with Gasteiger partial charge in [0.05, 0.1) is 10.7 Å². The summed E-state index contributed by atoms with van der Waals surface area (Å²) < 4.78 is 0. The molecule has 2 nitrogen and oxygen atoms in total. The first-order chi connectivity index (χ1) is 5.11. The van der Waals surface area contributed by atoms with E-state index < -0.39 is 0 Å². The molecule has 60 valence electrons. The molecule has 1 heterocycles. The summed E-state index contributed by atoms with van der Waals surface area (Å²) in [6.07, 6.45) is 0. The third-order valence-corrected chi connectivity index (χ3v) is 1.80. The molecule has 0 aliphatic heterocycles. The van der Waals surface area contributed by atoms with E-state index in [1.807, 2.05) is 6.92 Å². The van der Waals surface area contributed by atoms with Crippen molar-refractivity contribution in [3.63, 3.8) is 0 Å². The van der Waals surface area contributed by atoms with Crippen molar-refractivity contribution in [2.24, 2.45) is 5.73 Å². The molecule has 1 aromatic rings. The second-order valence-corrected chi connectivity index (χ2v) is 3.08. The molecule has 0 bridgehead atoms. The van der Waals surface area contributed by atoms with Gasteiger partial charge in [-0.25, -0.2) is 4.98 Å². The van der Waals surface area contributed by atoms with Crippen molar-refractivity contribution in [1.82, 2.24) is 4.98 Å². The lowest BCUT2D eigenvalue weighted by atomic mass is 10.2. The number of nitrogens with zero attached hydrogens (tertiary/aromatic N) is 1. The maximum Gasteiger partial charge on any atom is 0.129 e. The molecule has 1 atom stereocenters. The van der Waals surface area contributed by atoms with Gasteiger partial charge in [-0.1, -0.05) is 23.2 Å². The van der Waals surface area contributed by atoms with Crippen LogP contribution in [0.25, 0.3) is 0 Å². The number of pyridine rings is 1. The molecule has 0 aliphatic rings. The Hall–Kier alpha value is -0.310. The molecule has 11 heavy (non-hydrogen) atoms. The summed E-state index contributed by atoms with van der Waals surface area (Å²) in [5.74, 6) is 0. The zero-order chi connectivity index (χ0) is 8.43. The summed E-state index contributed by atoms with van der Waals surface area (Å²) in [5, 5.41) is 0.978. The summed E-state index contributed by atoms with van der Waals surface area (Å²) in [6, 6.07) is 3.15. The molecule has 2 N–H and O–H groups in total. The van der Waals surface area contributed by atoms with Gasteiger partial charge in [0.15, 0.2) is 0 Å². The minimum Gasteiger partial charge on any atom is -0.323 e. The predicted octanol–water partition coefficient (Wildman–Crippen LogP) is 2.41. The van der Waals surface area contributed by atoms with Crippen LogP contribution in [-0.4, -0.2) is 4.98 Å². The summed E-state index contributed by atoms with van der Waals surface area (Å²) in [7, 11) is 0. The van der Waals surface area contributed by atoms with Crippen molar-refractivity contribution in [2.45, 2.75) is 13.0 Å². The Morgan fingerprint density at radius 1 is 1.45 bits per heavy atom.